The topological polar surface area (TPSA) is 29.3 Å². The number of hydrogen-bond donors (Lipinski definition) is 1. The highest BCUT2D eigenvalue weighted by Crippen LogP contribution is 2.44. The predicted molar refractivity (Wildman–Crippen MR) is 87.8 cm³/mol. The van der Waals surface area contributed by atoms with Crippen molar-refractivity contribution in [3.8, 4) is 0 Å². The van der Waals surface area contributed by atoms with E-state index in [0.29, 0.717) is 6.04 Å². The molecule has 0 radical (unpaired) electrons. The zero-order valence-corrected chi connectivity index (χ0v) is 14.2. The number of likely N-dealkylation sites (N-methyl/N-ethyl adjacent to an activating group) is 1. The highest BCUT2D eigenvalue weighted by atomic mass is 15.2. The number of hydrogen-bond acceptors (Lipinski definition) is 2. The van der Waals surface area contributed by atoms with Gasteiger partial charge >= 0.3 is 0 Å². The van der Waals surface area contributed by atoms with Gasteiger partial charge in [-0.3, -0.25) is 0 Å². The summed E-state index contributed by atoms with van der Waals surface area (Å²) < 4.78 is 0. The Hall–Kier alpha value is -0.0800. The summed E-state index contributed by atoms with van der Waals surface area (Å²) in [6.07, 6.45) is 12.2. The second kappa shape index (κ2) is 6.79. The lowest BCUT2D eigenvalue weighted by Gasteiger charge is -2.52. The molecule has 0 heterocycles. The van der Waals surface area contributed by atoms with Crippen LogP contribution in [-0.2, 0) is 0 Å². The fourth-order valence-corrected chi connectivity index (χ4v) is 4.96. The summed E-state index contributed by atoms with van der Waals surface area (Å²) in [7, 11) is 4.53. The molecule has 2 aliphatic rings. The van der Waals surface area contributed by atoms with Crippen LogP contribution in [0.1, 0.15) is 71.6 Å². The summed E-state index contributed by atoms with van der Waals surface area (Å²) in [5, 5.41) is 0. The zero-order chi connectivity index (χ0) is 14.8. The van der Waals surface area contributed by atoms with Crippen LogP contribution < -0.4 is 5.73 Å². The Morgan fingerprint density at radius 1 is 1.10 bits per heavy atom. The monoisotopic (exact) mass is 280 g/mol. The molecule has 0 saturated heterocycles. The van der Waals surface area contributed by atoms with Crippen molar-refractivity contribution in [1.29, 1.82) is 0 Å². The van der Waals surface area contributed by atoms with Gasteiger partial charge in [0.15, 0.2) is 0 Å². The summed E-state index contributed by atoms with van der Waals surface area (Å²) in [6.45, 7) is 4.77. The Morgan fingerprint density at radius 3 is 2.25 bits per heavy atom. The van der Waals surface area contributed by atoms with Gasteiger partial charge in [-0.2, -0.15) is 0 Å². The molecule has 118 valence electrons. The fourth-order valence-electron chi connectivity index (χ4n) is 4.96. The maximum Gasteiger partial charge on any atom is 0.0357 e. The largest absolute Gasteiger partial charge is 0.326 e. The standard InChI is InChI=1S/C18H36N2/c1-5-15-8-6-7-9-16(15)17(19)18(20(3)4)12-10-14(2)11-13-18/h14-17H,5-13,19H2,1-4H3. The van der Waals surface area contributed by atoms with E-state index in [1.165, 1.54) is 57.8 Å². The molecule has 0 aromatic rings. The van der Waals surface area contributed by atoms with Crippen molar-refractivity contribution in [3.05, 3.63) is 0 Å². The predicted octanol–water partition coefficient (Wildman–Crippen LogP) is 4.04. The molecule has 0 spiro atoms. The molecule has 2 aliphatic carbocycles. The van der Waals surface area contributed by atoms with Crippen LogP contribution in [0.5, 0.6) is 0 Å². The highest BCUT2D eigenvalue weighted by molar-refractivity contribution is 5.04. The van der Waals surface area contributed by atoms with Crippen LogP contribution in [0.25, 0.3) is 0 Å². The smallest absolute Gasteiger partial charge is 0.0357 e. The molecule has 0 bridgehead atoms. The summed E-state index contributed by atoms with van der Waals surface area (Å²) >= 11 is 0. The lowest BCUT2D eigenvalue weighted by Crippen LogP contribution is -2.62. The molecule has 0 aromatic carbocycles. The SMILES string of the molecule is CCC1CCCCC1C(N)C1(N(C)C)CCC(C)CC1. The van der Waals surface area contributed by atoms with Crippen molar-refractivity contribution in [2.45, 2.75) is 83.2 Å². The maximum atomic E-state index is 6.93. The first-order valence-corrected chi connectivity index (χ1v) is 8.94. The molecule has 2 heteroatoms. The molecule has 2 rings (SSSR count). The van der Waals surface area contributed by atoms with E-state index in [4.69, 9.17) is 5.73 Å². The van der Waals surface area contributed by atoms with Crippen LogP contribution in [0.4, 0.5) is 0 Å². The Bertz CT molecular complexity index is 292. The molecule has 2 nitrogen and oxygen atoms in total. The quantitative estimate of drug-likeness (QED) is 0.842. The van der Waals surface area contributed by atoms with Gasteiger partial charge in [-0.1, -0.05) is 39.5 Å². The molecule has 2 N–H and O–H groups in total. The molecule has 20 heavy (non-hydrogen) atoms. The van der Waals surface area contributed by atoms with Gasteiger partial charge in [-0.25, -0.2) is 0 Å². The lowest BCUT2D eigenvalue weighted by molar-refractivity contribution is 0.0140. The number of rotatable bonds is 4. The Balaban J connectivity index is 2.15. The van der Waals surface area contributed by atoms with Gasteiger partial charge in [0, 0.05) is 11.6 Å². The van der Waals surface area contributed by atoms with Crippen molar-refractivity contribution in [2.24, 2.45) is 23.5 Å². The highest BCUT2D eigenvalue weighted by Gasteiger charge is 2.46. The van der Waals surface area contributed by atoms with Gasteiger partial charge in [0.2, 0.25) is 0 Å². The second-order valence-corrected chi connectivity index (χ2v) is 7.82. The van der Waals surface area contributed by atoms with Gasteiger partial charge in [-0.15, -0.1) is 0 Å². The maximum absolute atomic E-state index is 6.93. The van der Waals surface area contributed by atoms with Crippen LogP contribution in [-0.4, -0.2) is 30.6 Å². The molecular formula is C18H36N2. The van der Waals surface area contributed by atoms with Crippen LogP contribution in [0.3, 0.4) is 0 Å². The van der Waals surface area contributed by atoms with Crippen LogP contribution in [0.2, 0.25) is 0 Å². The average Bonchev–Trinajstić information content (AvgIpc) is 2.47. The van der Waals surface area contributed by atoms with Gasteiger partial charge in [0.05, 0.1) is 0 Å². The van der Waals surface area contributed by atoms with Gasteiger partial charge < -0.3 is 10.6 Å². The lowest BCUT2D eigenvalue weighted by atomic mass is 9.63. The third-order valence-corrected chi connectivity index (χ3v) is 6.60. The first-order valence-electron chi connectivity index (χ1n) is 8.94. The summed E-state index contributed by atoms with van der Waals surface area (Å²) in [5.41, 5.74) is 7.19. The average molecular weight is 280 g/mol. The van der Waals surface area contributed by atoms with Crippen LogP contribution in [0.15, 0.2) is 0 Å². The Morgan fingerprint density at radius 2 is 1.70 bits per heavy atom. The molecular weight excluding hydrogens is 244 g/mol. The van der Waals surface area contributed by atoms with E-state index >= 15 is 0 Å². The Kier molecular flexibility index (Phi) is 5.53. The summed E-state index contributed by atoms with van der Waals surface area (Å²) in [4.78, 5) is 2.48. The minimum atomic E-state index is 0.266. The zero-order valence-electron chi connectivity index (χ0n) is 14.2. The van der Waals surface area contributed by atoms with E-state index in [1.54, 1.807) is 0 Å². The third kappa shape index (κ3) is 3.06. The molecule has 0 aliphatic heterocycles. The molecule has 3 unspecified atom stereocenters. The molecule has 3 atom stereocenters. The summed E-state index contributed by atoms with van der Waals surface area (Å²) in [5.74, 6) is 2.52. The minimum Gasteiger partial charge on any atom is -0.326 e. The van der Waals surface area contributed by atoms with Crippen LogP contribution in [0, 0.1) is 17.8 Å². The van der Waals surface area contributed by atoms with Crippen molar-refractivity contribution in [2.75, 3.05) is 14.1 Å². The second-order valence-electron chi connectivity index (χ2n) is 7.82. The fraction of sp³-hybridized carbons (Fsp3) is 1.00. The van der Waals surface area contributed by atoms with E-state index in [0.717, 1.165) is 17.8 Å². The molecule has 0 amide bonds. The van der Waals surface area contributed by atoms with Crippen molar-refractivity contribution < 1.29 is 0 Å². The minimum absolute atomic E-state index is 0.266. The first kappa shape index (κ1) is 16.3. The third-order valence-electron chi connectivity index (χ3n) is 6.60. The number of nitrogens with zero attached hydrogens (tertiary/aromatic N) is 1. The van der Waals surface area contributed by atoms with E-state index in [-0.39, 0.29) is 5.54 Å². The van der Waals surface area contributed by atoms with Gasteiger partial charge in [0.1, 0.15) is 0 Å². The molecule has 0 aromatic heterocycles. The van der Waals surface area contributed by atoms with E-state index in [9.17, 15) is 0 Å². The van der Waals surface area contributed by atoms with E-state index < -0.39 is 0 Å². The van der Waals surface area contributed by atoms with Crippen molar-refractivity contribution >= 4 is 0 Å². The molecule has 2 fully saturated rings. The summed E-state index contributed by atoms with van der Waals surface area (Å²) in [6, 6.07) is 0.371. The first-order chi connectivity index (χ1) is 9.51. The van der Waals surface area contributed by atoms with Crippen LogP contribution >= 0.6 is 0 Å². The Labute approximate surface area is 126 Å². The van der Waals surface area contributed by atoms with E-state index in [1.807, 2.05) is 0 Å². The normalized spacial score (nSPS) is 40.8. The molecule has 2 saturated carbocycles. The van der Waals surface area contributed by atoms with Crippen molar-refractivity contribution in [3.63, 3.8) is 0 Å². The van der Waals surface area contributed by atoms with E-state index in [2.05, 4.69) is 32.8 Å². The van der Waals surface area contributed by atoms with Gasteiger partial charge in [0.25, 0.3) is 0 Å². The van der Waals surface area contributed by atoms with Crippen molar-refractivity contribution in [1.82, 2.24) is 4.90 Å². The van der Waals surface area contributed by atoms with Gasteiger partial charge in [-0.05, 0) is 64.0 Å². The number of nitrogens with two attached hydrogens (primary N) is 1.